The van der Waals surface area contributed by atoms with Gasteiger partial charge in [-0.05, 0) is 22.4 Å². The second kappa shape index (κ2) is 5.87. The van der Waals surface area contributed by atoms with Gasteiger partial charge in [0.25, 0.3) is 5.56 Å². The molecule has 3 aromatic heterocycles. The summed E-state index contributed by atoms with van der Waals surface area (Å²) < 4.78 is 0. The molecule has 6 N–H and O–H groups in total. The first kappa shape index (κ1) is 15.2. The van der Waals surface area contributed by atoms with Gasteiger partial charge < -0.3 is 16.2 Å². The summed E-state index contributed by atoms with van der Waals surface area (Å²) in [6.07, 6.45) is 2.56. The molecule has 0 bridgehead atoms. The van der Waals surface area contributed by atoms with E-state index in [1.54, 1.807) is 11.3 Å². The summed E-state index contributed by atoms with van der Waals surface area (Å²) in [5.41, 5.74) is 8.63. The number of H-pyrrole nitrogens is 2. The standard InChI is InChI=1S/C11H10N4OS.ClH.H2O/c12-11-14-8-7(3-6-1-2-17-5-6)4-13-9(8)10(16)15-11;;/h1-2,4-5,13H,3H2,(H3,12,14,15,16);1H;1H2. The van der Waals surface area contributed by atoms with Crippen LogP contribution in [-0.4, -0.2) is 20.4 Å². The number of rotatable bonds is 2. The third-order valence-corrected chi connectivity index (χ3v) is 3.34. The quantitative estimate of drug-likeness (QED) is 0.657. The molecule has 0 aliphatic heterocycles. The number of halogens is 1. The molecular weight excluding hydrogens is 288 g/mol. The Labute approximate surface area is 118 Å². The lowest BCUT2D eigenvalue weighted by molar-refractivity contribution is 0.824. The number of hydrogen-bond donors (Lipinski definition) is 3. The lowest BCUT2D eigenvalue weighted by Gasteiger charge is -1.97. The molecule has 0 unspecified atom stereocenters. The summed E-state index contributed by atoms with van der Waals surface area (Å²) in [7, 11) is 0. The number of hydrogen-bond acceptors (Lipinski definition) is 4. The Morgan fingerprint density at radius 1 is 1.42 bits per heavy atom. The van der Waals surface area contributed by atoms with Crippen LogP contribution in [0.3, 0.4) is 0 Å². The highest BCUT2D eigenvalue weighted by molar-refractivity contribution is 7.07. The van der Waals surface area contributed by atoms with Gasteiger partial charge in [0.15, 0.2) is 0 Å². The van der Waals surface area contributed by atoms with Crippen molar-refractivity contribution in [3.63, 3.8) is 0 Å². The van der Waals surface area contributed by atoms with Gasteiger partial charge in [0.05, 0.1) is 0 Å². The van der Waals surface area contributed by atoms with Crippen LogP contribution in [0.2, 0.25) is 0 Å². The number of thiophene rings is 1. The molecule has 102 valence electrons. The van der Waals surface area contributed by atoms with Crippen LogP contribution in [-0.2, 0) is 6.42 Å². The molecule has 3 aromatic rings. The van der Waals surface area contributed by atoms with Gasteiger partial charge in [-0.25, -0.2) is 4.98 Å². The van der Waals surface area contributed by atoms with Crippen molar-refractivity contribution in [1.82, 2.24) is 15.0 Å². The number of nitrogens with two attached hydrogens (primary N) is 1. The van der Waals surface area contributed by atoms with Gasteiger partial charge in [-0.3, -0.25) is 9.78 Å². The smallest absolute Gasteiger partial charge is 0.276 e. The number of fused-ring (bicyclic) bond motifs is 1. The molecule has 0 spiro atoms. The highest BCUT2D eigenvalue weighted by atomic mass is 35.5. The Morgan fingerprint density at radius 2 is 2.21 bits per heavy atom. The first-order chi connectivity index (χ1) is 8.24. The molecule has 0 fully saturated rings. The van der Waals surface area contributed by atoms with Crippen molar-refractivity contribution in [1.29, 1.82) is 0 Å². The topological polar surface area (TPSA) is 119 Å². The van der Waals surface area contributed by atoms with E-state index in [4.69, 9.17) is 5.73 Å². The molecule has 0 amide bonds. The minimum atomic E-state index is -0.232. The van der Waals surface area contributed by atoms with Crippen molar-refractivity contribution < 1.29 is 5.48 Å². The van der Waals surface area contributed by atoms with E-state index in [1.165, 1.54) is 5.56 Å². The third-order valence-electron chi connectivity index (χ3n) is 2.61. The van der Waals surface area contributed by atoms with Crippen LogP contribution < -0.4 is 11.3 Å². The summed E-state index contributed by atoms with van der Waals surface area (Å²) >= 11 is 1.65. The van der Waals surface area contributed by atoms with Gasteiger partial charge in [0.1, 0.15) is 11.0 Å². The SMILES string of the molecule is Cl.Nc1nc2c(Cc3ccsc3)c[nH]c2c(=O)[nH]1.O. The van der Waals surface area contributed by atoms with Gasteiger partial charge in [-0.15, -0.1) is 12.4 Å². The molecule has 3 heterocycles. The molecular formula is C11H13ClN4O2S. The van der Waals surface area contributed by atoms with Crippen molar-refractivity contribution in [2.45, 2.75) is 6.42 Å². The number of aromatic amines is 2. The summed E-state index contributed by atoms with van der Waals surface area (Å²) in [6.45, 7) is 0. The third kappa shape index (κ3) is 2.78. The zero-order chi connectivity index (χ0) is 11.8. The zero-order valence-corrected chi connectivity index (χ0v) is 11.4. The average Bonchev–Trinajstić information content (AvgIpc) is 2.89. The lowest BCUT2D eigenvalue weighted by atomic mass is 10.1. The average molecular weight is 301 g/mol. The second-order valence-electron chi connectivity index (χ2n) is 3.80. The molecule has 0 atom stereocenters. The van der Waals surface area contributed by atoms with Crippen molar-refractivity contribution in [2.24, 2.45) is 0 Å². The van der Waals surface area contributed by atoms with Crippen LogP contribution in [0, 0.1) is 0 Å². The minimum Gasteiger partial charge on any atom is -0.412 e. The maximum Gasteiger partial charge on any atom is 0.276 e. The van der Waals surface area contributed by atoms with E-state index >= 15 is 0 Å². The van der Waals surface area contributed by atoms with Crippen molar-refractivity contribution >= 4 is 40.7 Å². The van der Waals surface area contributed by atoms with Crippen LogP contribution in [0.5, 0.6) is 0 Å². The number of aromatic nitrogens is 3. The fourth-order valence-electron chi connectivity index (χ4n) is 1.83. The Kier molecular flexibility index (Phi) is 4.71. The minimum absolute atomic E-state index is 0. The van der Waals surface area contributed by atoms with E-state index < -0.39 is 0 Å². The zero-order valence-electron chi connectivity index (χ0n) is 9.77. The molecule has 0 aliphatic rings. The Bertz CT molecular complexity index is 720. The fraction of sp³-hybridized carbons (Fsp3) is 0.0909. The van der Waals surface area contributed by atoms with E-state index in [1.807, 2.05) is 11.6 Å². The van der Waals surface area contributed by atoms with E-state index in [9.17, 15) is 4.79 Å². The van der Waals surface area contributed by atoms with Crippen LogP contribution in [0.25, 0.3) is 11.0 Å². The van der Waals surface area contributed by atoms with Gasteiger partial charge in [0, 0.05) is 18.2 Å². The summed E-state index contributed by atoms with van der Waals surface area (Å²) in [4.78, 5) is 21.2. The van der Waals surface area contributed by atoms with Gasteiger partial charge >= 0.3 is 0 Å². The lowest BCUT2D eigenvalue weighted by Crippen LogP contribution is -2.11. The van der Waals surface area contributed by atoms with Crippen LogP contribution >= 0.6 is 23.7 Å². The number of nitrogens with one attached hydrogen (secondary N) is 2. The molecule has 19 heavy (non-hydrogen) atoms. The molecule has 0 aromatic carbocycles. The second-order valence-corrected chi connectivity index (χ2v) is 4.58. The monoisotopic (exact) mass is 300 g/mol. The van der Waals surface area contributed by atoms with E-state index in [-0.39, 0.29) is 29.4 Å². The maximum atomic E-state index is 11.6. The first-order valence-electron chi connectivity index (χ1n) is 5.11. The van der Waals surface area contributed by atoms with Crippen LogP contribution in [0.4, 0.5) is 5.95 Å². The Hall–Kier alpha value is -1.83. The Morgan fingerprint density at radius 3 is 2.89 bits per heavy atom. The molecule has 8 heteroatoms. The largest absolute Gasteiger partial charge is 0.412 e. The van der Waals surface area contributed by atoms with Crippen molar-refractivity contribution in [3.05, 3.63) is 44.5 Å². The first-order valence-corrected chi connectivity index (χ1v) is 6.05. The molecule has 3 rings (SSSR count). The van der Waals surface area contributed by atoms with Crippen LogP contribution in [0.1, 0.15) is 11.1 Å². The van der Waals surface area contributed by atoms with E-state index in [0.717, 1.165) is 12.0 Å². The van der Waals surface area contributed by atoms with Gasteiger partial charge in [-0.1, -0.05) is 0 Å². The summed E-state index contributed by atoms with van der Waals surface area (Å²) in [6, 6.07) is 2.06. The van der Waals surface area contributed by atoms with Crippen molar-refractivity contribution in [2.75, 3.05) is 5.73 Å². The highest BCUT2D eigenvalue weighted by Crippen LogP contribution is 2.18. The maximum absolute atomic E-state index is 11.6. The number of nitrogen functional groups attached to an aromatic ring is 1. The normalized spacial score (nSPS) is 9.89. The van der Waals surface area contributed by atoms with Crippen LogP contribution in [0.15, 0.2) is 27.8 Å². The summed E-state index contributed by atoms with van der Waals surface area (Å²) in [5, 5.41) is 4.11. The molecule has 0 saturated carbocycles. The molecule has 0 saturated heterocycles. The van der Waals surface area contributed by atoms with E-state index in [0.29, 0.717) is 11.0 Å². The number of nitrogens with zero attached hydrogens (tertiary/aromatic N) is 1. The predicted octanol–water partition coefficient (Wildman–Crippen LogP) is 1.08. The molecule has 0 aliphatic carbocycles. The van der Waals surface area contributed by atoms with Crippen molar-refractivity contribution in [3.8, 4) is 0 Å². The number of anilines is 1. The van der Waals surface area contributed by atoms with Gasteiger partial charge in [-0.2, -0.15) is 11.3 Å². The fourth-order valence-corrected chi connectivity index (χ4v) is 2.50. The summed E-state index contributed by atoms with van der Waals surface area (Å²) in [5.74, 6) is 0.147. The molecule has 6 nitrogen and oxygen atoms in total. The van der Waals surface area contributed by atoms with E-state index in [2.05, 4.69) is 26.4 Å². The molecule has 0 radical (unpaired) electrons. The Balaban J connectivity index is 0.000000902. The highest BCUT2D eigenvalue weighted by Gasteiger charge is 2.09. The van der Waals surface area contributed by atoms with Gasteiger partial charge in [0.2, 0.25) is 5.95 Å². The predicted molar refractivity (Wildman–Crippen MR) is 79.1 cm³/mol.